The molecule has 0 saturated carbocycles. The second kappa shape index (κ2) is 8.11. The van der Waals surface area contributed by atoms with E-state index in [-0.39, 0.29) is 0 Å². The molecule has 0 spiro atoms. The van der Waals surface area contributed by atoms with Gasteiger partial charge in [-0.15, -0.1) is 0 Å². The molecule has 120 valence electrons. The number of aromatic nitrogens is 2. The van der Waals surface area contributed by atoms with Gasteiger partial charge in [-0.2, -0.15) is 0 Å². The van der Waals surface area contributed by atoms with Crippen LogP contribution in [0.3, 0.4) is 0 Å². The number of hydrogen-bond donors (Lipinski definition) is 5. The van der Waals surface area contributed by atoms with Crippen molar-refractivity contribution >= 4 is 11.6 Å². The molecule has 0 aromatic carbocycles. The number of anilines is 2. The van der Waals surface area contributed by atoms with Crippen LogP contribution in [0.25, 0.3) is 0 Å². The van der Waals surface area contributed by atoms with E-state index in [4.69, 9.17) is 0 Å². The van der Waals surface area contributed by atoms with Crippen LogP contribution in [0.4, 0.5) is 11.6 Å². The lowest BCUT2D eigenvalue weighted by molar-refractivity contribution is 0.0830. The summed E-state index contributed by atoms with van der Waals surface area (Å²) < 4.78 is 0. The van der Waals surface area contributed by atoms with Gasteiger partial charge in [-0.05, 0) is 13.3 Å². The zero-order valence-corrected chi connectivity index (χ0v) is 13.0. The number of nitrogens with one attached hydrogen (secondary N) is 2. The summed E-state index contributed by atoms with van der Waals surface area (Å²) in [5, 5.41) is 34.5. The first-order chi connectivity index (χ1) is 10.1. The summed E-state index contributed by atoms with van der Waals surface area (Å²) in [7, 11) is 0. The SMILES string of the molecule is CCCNc1nc(CC)nc(NC(CO)(CO)CO)c1C. The monoisotopic (exact) mass is 298 g/mol. The maximum absolute atomic E-state index is 9.42. The maximum Gasteiger partial charge on any atom is 0.135 e. The van der Waals surface area contributed by atoms with Gasteiger partial charge < -0.3 is 26.0 Å². The molecule has 0 bridgehead atoms. The van der Waals surface area contributed by atoms with Crippen LogP contribution in [0.15, 0.2) is 0 Å². The molecular weight excluding hydrogens is 272 g/mol. The number of rotatable bonds is 9. The number of aliphatic hydroxyl groups is 3. The molecule has 1 aromatic rings. The molecule has 1 aromatic heterocycles. The summed E-state index contributed by atoms with van der Waals surface area (Å²) in [5.74, 6) is 1.90. The Hall–Kier alpha value is -1.44. The Morgan fingerprint density at radius 1 is 1.00 bits per heavy atom. The summed E-state index contributed by atoms with van der Waals surface area (Å²) in [5.41, 5.74) is -0.410. The third kappa shape index (κ3) is 4.26. The molecule has 0 unspecified atom stereocenters. The number of aryl methyl sites for hydroxylation is 1. The van der Waals surface area contributed by atoms with Gasteiger partial charge in [0, 0.05) is 18.5 Å². The molecule has 21 heavy (non-hydrogen) atoms. The smallest absolute Gasteiger partial charge is 0.135 e. The molecule has 0 aliphatic heterocycles. The highest BCUT2D eigenvalue weighted by atomic mass is 16.3. The lowest BCUT2D eigenvalue weighted by atomic mass is 10.0. The molecule has 0 atom stereocenters. The van der Waals surface area contributed by atoms with Crippen molar-refractivity contribution in [1.29, 1.82) is 0 Å². The molecule has 0 aliphatic rings. The second-order valence-electron chi connectivity index (χ2n) is 5.12. The van der Waals surface area contributed by atoms with Crippen molar-refractivity contribution < 1.29 is 15.3 Å². The lowest BCUT2D eigenvalue weighted by Gasteiger charge is -2.30. The van der Waals surface area contributed by atoms with Crippen molar-refractivity contribution in [2.24, 2.45) is 0 Å². The second-order valence-corrected chi connectivity index (χ2v) is 5.12. The molecule has 1 rings (SSSR count). The summed E-state index contributed by atoms with van der Waals surface area (Å²) >= 11 is 0. The molecule has 0 fully saturated rings. The quantitative estimate of drug-likeness (QED) is 0.446. The van der Waals surface area contributed by atoms with Crippen molar-refractivity contribution in [3.8, 4) is 0 Å². The standard InChI is InChI=1S/C14H26N4O3/c1-4-6-15-12-10(3)13(17-11(5-2)16-12)18-14(7-19,8-20)9-21/h19-21H,4-9H2,1-3H3,(H2,15,16,17,18). The van der Waals surface area contributed by atoms with E-state index in [9.17, 15) is 15.3 Å². The Balaban J connectivity index is 3.15. The van der Waals surface area contributed by atoms with Gasteiger partial charge in [0.05, 0.1) is 19.8 Å². The molecule has 0 aliphatic carbocycles. The first-order valence-electron chi connectivity index (χ1n) is 7.28. The third-order valence-corrected chi connectivity index (χ3v) is 3.34. The van der Waals surface area contributed by atoms with Crippen LogP contribution in [0.1, 0.15) is 31.7 Å². The lowest BCUT2D eigenvalue weighted by Crippen LogP contribution is -2.49. The predicted octanol–water partition coefficient (Wildman–Crippen LogP) is 0.297. The van der Waals surface area contributed by atoms with Crippen LogP contribution in [-0.4, -0.2) is 57.2 Å². The zero-order chi connectivity index (χ0) is 15.9. The molecule has 0 saturated heterocycles. The van der Waals surface area contributed by atoms with Gasteiger partial charge in [-0.25, -0.2) is 9.97 Å². The largest absolute Gasteiger partial charge is 0.394 e. The summed E-state index contributed by atoms with van der Waals surface area (Å²) in [6.07, 6.45) is 1.64. The zero-order valence-electron chi connectivity index (χ0n) is 13.0. The Labute approximate surface area is 125 Å². The van der Waals surface area contributed by atoms with Crippen LogP contribution >= 0.6 is 0 Å². The van der Waals surface area contributed by atoms with Crippen LogP contribution in [0.5, 0.6) is 0 Å². The van der Waals surface area contributed by atoms with Crippen molar-refractivity contribution in [2.45, 2.75) is 39.2 Å². The number of nitrogens with zero attached hydrogens (tertiary/aromatic N) is 2. The first-order valence-corrected chi connectivity index (χ1v) is 7.28. The Morgan fingerprint density at radius 3 is 2.05 bits per heavy atom. The van der Waals surface area contributed by atoms with E-state index in [0.29, 0.717) is 18.1 Å². The van der Waals surface area contributed by atoms with Crippen molar-refractivity contribution in [1.82, 2.24) is 9.97 Å². The van der Waals surface area contributed by atoms with Crippen molar-refractivity contribution in [3.05, 3.63) is 11.4 Å². The normalized spacial score (nSPS) is 11.5. The minimum atomic E-state index is -1.20. The predicted molar refractivity (Wildman–Crippen MR) is 82.5 cm³/mol. The molecule has 7 nitrogen and oxygen atoms in total. The van der Waals surface area contributed by atoms with Gasteiger partial charge in [0.15, 0.2) is 0 Å². The van der Waals surface area contributed by atoms with E-state index < -0.39 is 25.4 Å². The van der Waals surface area contributed by atoms with Gasteiger partial charge >= 0.3 is 0 Å². The molecule has 1 heterocycles. The molecule has 5 N–H and O–H groups in total. The number of aliphatic hydroxyl groups excluding tert-OH is 3. The average molecular weight is 298 g/mol. The summed E-state index contributed by atoms with van der Waals surface area (Å²) in [6.45, 7) is 5.48. The number of hydrogen-bond acceptors (Lipinski definition) is 7. The molecule has 0 radical (unpaired) electrons. The Kier molecular flexibility index (Phi) is 6.80. The summed E-state index contributed by atoms with van der Waals surface area (Å²) in [4.78, 5) is 8.84. The Bertz CT molecular complexity index is 442. The average Bonchev–Trinajstić information content (AvgIpc) is 2.53. The van der Waals surface area contributed by atoms with Crippen LogP contribution in [0.2, 0.25) is 0 Å². The molecule has 0 amide bonds. The minimum absolute atomic E-state index is 0.400. The summed E-state index contributed by atoms with van der Waals surface area (Å²) in [6, 6.07) is 0. The topological polar surface area (TPSA) is 111 Å². The van der Waals surface area contributed by atoms with Crippen molar-refractivity contribution in [2.75, 3.05) is 37.0 Å². The van der Waals surface area contributed by atoms with Gasteiger partial charge in [0.1, 0.15) is 23.0 Å². The first kappa shape index (κ1) is 17.6. The highest BCUT2D eigenvalue weighted by molar-refractivity contribution is 5.58. The highest BCUT2D eigenvalue weighted by Crippen LogP contribution is 2.23. The van der Waals surface area contributed by atoms with Gasteiger partial charge in [0.25, 0.3) is 0 Å². The maximum atomic E-state index is 9.42. The van der Waals surface area contributed by atoms with E-state index in [2.05, 4.69) is 27.5 Å². The third-order valence-electron chi connectivity index (χ3n) is 3.34. The minimum Gasteiger partial charge on any atom is -0.394 e. The van der Waals surface area contributed by atoms with Crippen molar-refractivity contribution in [3.63, 3.8) is 0 Å². The van der Waals surface area contributed by atoms with Crippen LogP contribution in [-0.2, 0) is 6.42 Å². The fourth-order valence-electron chi connectivity index (χ4n) is 1.78. The fourth-order valence-corrected chi connectivity index (χ4v) is 1.78. The van der Waals surface area contributed by atoms with E-state index in [1.165, 1.54) is 0 Å². The highest BCUT2D eigenvalue weighted by Gasteiger charge is 2.29. The molecule has 7 heteroatoms. The van der Waals surface area contributed by atoms with Crippen LogP contribution in [0, 0.1) is 6.92 Å². The van der Waals surface area contributed by atoms with E-state index >= 15 is 0 Å². The van der Waals surface area contributed by atoms with Gasteiger partial charge in [-0.1, -0.05) is 13.8 Å². The van der Waals surface area contributed by atoms with E-state index in [0.717, 1.165) is 24.3 Å². The van der Waals surface area contributed by atoms with E-state index in [1.807, 2.05) is 13.8 Å². The molecular formula is C14H26N4O3. The fraction of sp³-hybridized carbons (Fsp3) is 0.714. The van der Waals surface area contributed by atoms with Gasteiger partial charge in [0.2, 0.25) is 0 Å². The van der Waals surface area contributed by atoms with E-state index in [1.54, 1.807) is 0 Å². The van der Waals surface area contributed by atoms with Gasteiger partial charge in [-0.3, -0.25) is 0 Å². The Morgan fingerprint density at radius 2 is 1.57 bits per heavy atom. The van der Waals surface area contributed by atoms with Crippen LogP contribution < -0.4 is 10.6 Å².